The van der Waals surface area contributed by atoms with Crippen molar-refractivity contribution in [3.63, 3.8) is 0 Å². The third-order valence-corrected chi connectivity index (χ3v) is 3.15. The molecule has 1 aliphatic rings. The summed E-state index contributed by atoms with van der Waals surface area (Å²) in [6.07, 6.45) is -0.505. The van der Waals surface area contributed by atoms with Crippen molar-refractivity contribution >= 4 is 23.6 Å². The van der Waals surface area contributed by atoms with E-state index in [0.29, 0.717) is 5.69 Å². The summed E-state index contributed by atoms with van der Waals surface area (Å²) in [6, 6.07) is 6.45. The molecule has 1 fully saturated rings. The first kappa shape index (κ1) is 14.8. The van der Waals surface area contributed by atoms with E-state index in [1.54, 1.807) is 24.3 Å². The van der Waals surface area contributed by atoms with Gasteiger partial charge in [0, 0.05) is 19.7 Å². The van der Waals surface area contributed by atoms with E-state index in [9.17, 15) is 14.4 Å². The molecule has 0 spiro atoms. The first-order valence-electron chi connectivity index (χ1n) is 6.53. The largest absolute Gasteiger partial charge is 0.447 e. The van der Waals surface area contributed by atoms with Crippen LogP contribution in [0.5, 0.6) is 0 Å². The lowest BCUT2D eigenvalue weighted by molar-refractivity contribution is -0.124. The van der Waals surface area contributed by atoms with Crippen molar-refractivity contribution < 1.29 is 19.1 Å². The normalized spacial score (nSPS) is 17.3. The molecule has 0 aliphatic carbocycles. The second-order valence-electron chi connectivity index (χ2n) is 4.71. The highest BCUT2D eigenvalue weighted by molar-refractivity contribution is 5.89. The van der Waals surface area contributed by atoms with Crippen molar-refractivity contribution in [1.29, 1.82) is 0 Å². The van der Waals surface area contributed by atoms with Gasteiger partial charge >= 0.3 is 6.09 Å². The number of ether oxygens (including phenoxy) is 1. The average molecular weight is 291 g/mol. The van der Waals surface area contributed by atoms with Gasteiger partial charge in [-0.3, -0.25) is 14.5 Å². The van der Waals surface area contributed by atoms with Gasteiger partial charge in [0.05, 0.1) is 6.54 Å². The molecule has 1 aliphatic heterocycles. The molecule has 21 heavy (non-hydrogen) atoms. The Morgan fingerprint density at radius 2 is 2.00 bits per heavy atom. The highest BCUT2D eigenvalue weighted by atomic mass is 16.6. The number of benzene rings is 1. The number of cyclic esters (lactones) is 1. The number of rotatable bonds is 4. The van der Waals surface area contributed by atoms with Crippen LogP contribution in [0.2, 0.25) is 0 Å². The molecule has 1 heterocycles. The van der Waals surface area contributed by atoms with Gasteiger partial charge in [-0.15, -0.1) is 0 Å². The summed E-state index contributed by atoms with van der Waals surface area (Å²) in [4.78, 5) is 35.7. The second-order valence-corrected chi connectivity index (χ2v) is 4.71. The molecule has 0 bridgehead atoms. The van der Waals surface area contributed by atoms with Gasteiger partial charge in [-0.05, 0) is 17.7 Å². The maximum atomic E-state index is 11.7. The first-order valence-corrected chi connectivity index (χ1v) is 6.53. The Labute approximate surface area is 122 Å². The first-order chi connectivity index (χ1) is 10.0. The minimum atomic E-state index is -0.613. The Bertz CT molecular complexity index is 556. The van der Waals surface area contributed by atoms with Gasteiger partial charge in [-0.25, -0.2) is 4.79 Å². The molecular weight excluding hydrogens is 274 g/mol. The zero-order chi connectivity index (χ0) is 15.4. The minimum Gasteiger partial charge on any atom is -0.447 e. The highest BCUT2D eigenvalue weighted by Crippen LogP contribution is 2.18. The van der Waals surface area contributed by atoms with Crippen LogP contribution >= 0.6 is 0 Å². The van der Waals surface area contributed by atoms with E-state index in [0.717, 1.165) is 5.56 Å². The predicted octanol–water partition coefficient (Wildman–Crippen LogP) is 0.712. The fourth-order valence-corrected chi connectivity index (χ4v) is 2.10. The van der Waals surface area contributed by atoms with Crippen LogP contribution < -0.4 is 10.6 Å². The fourth-order valence-electron chi connectivity index (χ4n) is 2.10. The molecule has 0 unspecified atom stereocenters. The number of nitrogens with zero attached hydrogens (tertiary/aromatic N) is 1. The van der Waals surface area contributed by atoms with Crippen LogP contribution in [-0.4, -0.2) is 42.5 Å². The maximum absolute atomic E-state index is 11.7. The van der Waals surface area contributed by atoms with Gasteiger partial charge in [0.1, 0.15) is 12.6 Å². The van der Waals surface area contributed by atoms with E-state index in [2.05, 4.69) is 10.6 Å². The second kappa shape index (κ2) is 6.25. The smallest absolute Gasteiger partial charge is 0.410 e. The number of amides is 3. The van der Waals surface area contributed by atoms with Crippen LogP contribution in [0.15, 0.2) is 24.3 Å². The lowest BCUT2D eigenvalue weighted by Gasteiger charge is -2.20. The van der Waals surface area contributed by atoms with E-state index in [-0.39, 0.29) is 25.0 Å². The predicted molar refractivity (Wildman–Crippen MR) is 75.5 cm³/mol. The Kier molecular flexibility index (Phi) is 4.42. The Morgan fingerprint density at radius 3 is 2.57 bits per heavy atom. The Balaban J connectivity index is 2.07. The average Bonchev–Trinajstić information content (AvgIpc) is 2.81. The van der Waals surface area contributed by atoms with Gasteiger partial charge in [-0.2, -0.15) is 0 Å². The summed E-state index contributed by atoms with van der Waals surface area (Å²) in [5.74, 6) is -0.402. The summed E-state index contributed by atoms with van der Waals surface area (Å²) in [5, 5.41) is 5.18. The topological polar surface area (TPSA) is 87.7 Å². The zero-order valence-corrected chi connectivity index (χ0v) is 11.9. The number of anilines is 1. The number of hydrogen-bond acceptors (Lipinski definition) is 4. The van der Waals surface area contributed by atoms with Crippen LogP contribution in [0.25, 0.3) is 0 Å². The van der Waals surface area contributed by atoms with E-state index >= 15 is 0 Å². The molecule has 1 saturated heterocycles. The van der Waals surface area contributed by atoms with Crippen molar-refractivity contribution in [3.8, 4) is 0 Å². The molecule has 1 aromatic carbocycles. The molecule has 3 amide bonds. The SMILES string of the molecule is CNC(=O)[C@@H]1COC(=O)N1Cc1ccc(NC(C)=O)cc1. The van der Waals surface area contributed by atoms with Crippen molar-refractivity contribution in [2.45, 2.75) is 19.5 Å². The van der Waals surface area contributed by atoms with Gasteiger partial charge < -0.3 is 15.4 Å². The molecule has 112 valence electrons. The van der Waals surface area contributed by atoms with Crippen LogP contribution in [-0.2, 0) is 20.9 Å². The van der Waals surface area contributed by atoms with Crippen molar-refractivity contribution in [2.75, 3.05) is 19.0 Å². The minimum absolute atomic E-state index is 0.0580. The molecule has 7 heteroatoms. The summed E-state index contributed by atoms with van der Waals surface area (Å²) in [6.45, 7) is 1.77. The quantitative estimate of drug-likeness (QED) is 0.855. The number of nitrogens with one attached hydrogen (secondary N) is 2. The maximum Gasteiger partial charge on any atom is 0.410 e. The van der Waals surface area contributed by atoms with Crippen LogP contribution in [0.1, 0.15) is 12.5 Å². The Morgan fingerprint density at radius 1 is 1.33 bits per heavy atom. The van der Waals surface area contributed by atoms with Crippen LogP contribution in [0.3, 0.4) is 0 Å². The third-order valence-electron chi connectivity index (χ3n) is 3.15. The molecule has 1 aromatic rings. The molecule has 2 N–H and O–H groups in total. The van der Waals surface area contributed by atoms with Crippen molar-refractivity contribution in [1.82, 2.24) is 10.2 Å². The van der Waals surface area contributed by atoms with E-state index in [1.807, 2.05) is 0 Å². The third kappa shape index (κ3) is 3.50. The van der Waals surface area contributed by atoms with E-state index in [1.165, 1.54) is 18.9 Å². The van der Waals surface area contributed by atoms with Gasteiger partial charge in [0.15, 0.2) is 0 Å². The highest BCUT2D eigenvalue weighted by Gasteiger charge is 2.37. The molecule has 0 aromatic heterocycles. The number of carbonyl (C=O) groups is 3. The lowest BCUT2D eigenvalue weighted by atomic mass is 10.1. The van der Waals surface area contributed by atoms with Gasteiger partial charge in [-0.1, -0.05) is 12.1 Å². The number of likely N-dealkylation sites (N-methyl/N-ethyl adjacent to an activating group) is 1. The lowest BCUT2D eigenvalue weighted by Crippen LogP contribution is -2.44. The summed E-state index contributed by atoms with van der Waals surface area (Å²) in [7, 11) is 1.52. The van der Waals surface area contributed by atoms with Crippen molar-refractivity contribution in [3.05, 3.63) is 29.8 Å². The molecular formula is C14H17N3O4. The summed E-state index contributed by atoms with van der Waals surface area (Å²) >= 11 is 0. The fraction of sp³-hybridized carbons (Fsp3) is 0.357. The van der Waals surface area contributed by atoms with Gasteiger partial charge in [0.2, 0.25) is 11.8 Å². The standard InChI is InChI=1S/C14H17N3O4/c1-9(18)16-11-5-3-10(4-6-11)7-17-12(13(19)15-2)8-21-14(17)20/h3-6,12H,7-8H2,1-2H3,(H,15,19)(H,16,18)/t12-/m0/s1. The zero-order valence-electron chi connectivity index (χ0n) is 11.9. The molecule has 2 rings (SSSR count). The number of hydrogen-bond donors (Lipinski definition) is 2. The van der Waals surface area contributed by atoms with E-state index in [4.69, 9.17) is 4.74 Å². The molecule has 1 atom stereocenters. The molecule has 0 saturated carbocycles. The van der Waals surface area contributed by atoms with Crippen LogP contribution in [0, 0.1) is 0 Å². The monoisotopic (exact) mass is 291 g/mol. The van der Waals surface area contributed by atoms with E-state index < -0.39 is 12.1 Å². The Hall–Kier alpha value is -2.57. The summed E-state index contributed by atoms with van der Waals surface area (Å²) < 4.78 is 4.92. The summed E-state index contributed by atoms with van der Waals surface area (Å²) in [5.41, 5.74) is 1.52. The number of carbonyl (C=O) groups excluding carboxylic acids is 3. The molecule has 7 nitrogen and oxygen atoms in total. The molecule has 0 radical (unpaired) electrons. The van der Waals surface area contributed by atoms with Crippen molar-refractivity contribution in [2.24, 2.45) is 0 Å². The van der Waals surface area contributed by atoms with Gasteiger partial charge in [0.25, 0.3) is 0 Å². The van der Waals surface area contributed by atoms with Crippen LogP contribution in [0.4, 0.5) is 10.5 Å².